The summed E-state index contributed by atoms with van der Waals surface area (Å²) in [6, 6.07) is 0. The quantitative estimate of drug-likeness (QED) is 0.415. The van der Waals surface area contributed by atoms with Crippen LogP contribution in [0.15, 0.2) is 6.33 Å². The van der Waals surface area contributed by atoms with Crippen molar-refractivity contribution in [1.29, 1.82) is 0 Å². The average molecular weight is 397 g/mol. The molecule has 1 saturated heterocycles. The highest BCUT2D eigenvalue weighted by atomic mass is 32.1. The predicted molar refractivity (Wildman–Crippen MR) is 99.4 cm³/mol. The smallest absolute Gasteiger partial charge is 0.314 e. The molecule has 3 heterocycles. The summed E-state index contributed by atoms with van der Waals surface area (Å²) in [7, 11) is 0. The number of unbranched alkanes of at least 4 members (excludes halogenated alkanes) is 1. The summed E-state index contributed by atoms with van der Waals surface area (Å²) >= 11 is 4.11. The minimum atomic E-state index is -1.21. The number of carbonyl (C=O) groups is 1. The Morgan fingerprint density at radius 2 is 2.15 bits per heavy atom. The highest BCUT2D eigenvalue weighted by Gasteiger charge is 2.43. The van der Waals surface area contributed by atoms with E-state index in [0.29, 0.717) is 12.8 Å². The third kappa shape index (κ3) is 3.59. The normalized spacial score (nSPS) is 26.5. The van der Waals surface area contributed by atoms with Crippen LogP contribution in [-0.2, 0) is 9.53 Å². The maximum Gasteiger partial charge on any atom is 0.314 e. The van der Waals surface area contributed by atoms with E-state index in [-0.39, 0.29) is 28.6 Å². The minimum Gasteiger partial charge on any atom is -0.481 e. The first-order valence-corrected chi connectivity index (χ1v) is 9.37. The summed E-state index contributed by atoms with van der Waals surface area (Å²) < 4.78 is 7.11. The first kappa shape index (κ1) is 19.8. The van der Waals surface area contributed by atoms with Gasteiger partial charge in [-0.15, -0.1) is 0 Å². The third-order valence-corrected chi connectivity index (χ3v) is 5.07. The number of carboxylic acids is 1. The standard InChI is InChI=1S/C16H23N5O5S/c1-2-3-4-7(16(24)25)13-19-12(17)9-14(20-13)21(6-18-9)15-11(23)10(22)8(5-27)26-15/h6-8,10-11,15,22-23,27H,2-5H2,1H3,(H,24,25)(H2,17,19,20)/t7?,8-,10-,11-,15-/m1/s1. The van der Waals surface area contributed by atoms with E-state index in [0.717, 1.165) is 6.42 Å². The van der Waals surface area contributed by atoms with Gasteiger partial charge in [0.2, 0.25) is 0 Å². The summed E-state index contributed by atoms with van der Waals surface area (Å²) in [4.78, 5) is 24.3. The minimum absolute atomic E-state index is 0.0512. The number of nitrogen functional groups attached to an aromatic ring is 1. The number of anilines is 1. The van der Waals surface area contributed by atoms with Crippen LogP contribution in [0.4, 0.5) is 5.82 Å². The summed E-state index contributed by atoms with van der Waals surface area (Å²) in [6.07, 6.45) is -0.613. The lowest BCUT2D eigenvalue weighted by molar-refractivity contribution is -0.139. The first-order valence-electron chi connectivity index (χ1n) is 8.74. The molecule has 0 bridgehead atoms. The van der Waals surface area contributed by atoms with Gasteiger partial charge in [-0.05, 0) is 6.42 Å². The van der Waals surface area contributed by atoms with E-state index in [1.165, 1.54) is 10.9 Å². The number of hydrogen-bond donors (Lipinski definition) is 5. The predicted octanol–water partition coefficient (Wildman–Crippen LogP) is 0.316. The highest BCUT2D eigenvalue weighted by molar-refractivity contribution is 7.80. The molecule has 0 amide bonds. The number of nitrogens with two attached hydrogens (primary N) is 1. The number of ether oxygens (including phenoxy) is 1. The van der Waals surface area contributed by atoms with Crippen LogP contribution in [0.2, 0.25) is 0 Å². The van der Waals surface area contributed by atoms with E-state index < -0.39 is 36.4 Å². The van der Waals surface area contributed by atoms with Gasteiger partial charge in [-0.25, -0.2) is 15.0 Å². The van der Waals surface area contributed by atoms with Crippen molar-refractivity contribution >= 4 is 35.6 Å². The molecule has 1 fully saturated rings. The first-order chi connectivity index (χ1) is 12.9. The molecule has 1 aliphatic heterocycles. The Morgan fingerprint density at radius 3 is 2.74 bits per heavy atom. The Bertz CT molecular complexity index is 831. The second-order valence-electron chi connectivity index (χ2n) is 6.55. The molecule has 0 radical (unpaired) electrons. The van der Waals surface area contributed by atoms with Gasteiger partial charge in [0.15, 0.2) is 17.7 Å². The molecule has 2 aromatic rings. The van der Waals surface area contributed by atoms with Gasteiger partial charge in [-0.1, -0.05) is 19.8 Å². The molecule has 0 aliphatic carbocycles. The lowest BCUT2D eigenvalue weighted by Crippen LogP contribution is -2.32. The summed E-state index contributed by atoms with van der Waals surface area (Å²) in [5, 5.41) is 29.9. The molecule has 27 heavy (non-hydrogen) atoms. The van der Waals surface area contributed by atoms with Crippen molar-refractivity contribution < 1.29 is 24.9 Å². The van der Waals surface area contributed by atoms with Gasteiger partial charge in [0, 0.05) is 5.75 Å². The van der Waals surface area contributed by atoms with Gasteiger partial charge < -0.3 is 25.8 Å². The van der Waals surface area contributed by atoms with E-state index in [2.05, 4.69) is 27.6 Å². The zero-order chi connectivity index (χ0) is 19.7. The number of fused-ring (bicyclic) bond motifs is 1. The highest BCUT2D eigenvalue weighted by Crippen LogP contribution is 2.33. The molecule has 5 atom stereocenters. The number of nitrogens with zero attached hydrogens (tertiary/aromatic N) is 4. The Labute approximate surface area is 160 Å². The second kappa shape index (κ2) is 7.97. The van der Waals surface area contributed by atoms with Gasteiger partial charge in [-0.3, -0.25) is 9.36 Å². The fourth-order valence-corrected chi connectivity index (χ4v) is 3.48. The average Bonchev–Trinajstić information content (AvgIpc) is 3.17. The monoisotopic (exact) mass is 397 g/mol. The molecular formula is C16H23N5O5S. The van der Waals surface area contributed by atoms with Crippen molar-refractivity contribution in [2.45, 2.75) is 56.6 Å². The van der Waals surface area contributed by atoms with Crippen LogP contribution >= 0.6 is 12.6 Å². The van der Waals surface area contributed by atoms with Crippen LogP contribution in [-0.4, -0.2) is 64.9 Å². The number of aliphatic carboxylic acids is 1. The van der Waals surface area contributed by atoms with Gasteiger partial charge in [0.05, 0.1) is 12.4 Å². The van der Waals surface area contributed by atoms with Crippen molar-refractivity contribution in [3.63, 3.8) is 0 Å². The van der Waals surface area contributed by atoms with Crippen LogP contribution in [0.25, 0.3) is 11.2 Å². The van der Waals surface area contributed by atoms with Crippen LogP contribution in [0.5, 0.6) is 0 Å². The molecular weight excluding hydrogens is 374 g/mol. The molecule has 11 heteroatoms. The number of aliphatic hydroxyl groups is 2. The number of hydrogen-bond acceptors (Lipinski definition) is 9. The van der Waals surface area contributed by atoms with Gasteiger partial charge >= 0.3 is 5.97 Å². The van der Waals surface area contributed by atoms with Gasteiger partial charge in [0.1, 0.15) is 29.5 Å². The Morgan fingerprint density at radius 1 is 1.41 bits per heavy atom. The maximum absolute atomic E-state index is 11.7. The fourth-order valence-electron chi connectivity index (χ4n) is 3.18. The number of aromatic nitrogens is 4. The molecule has 1 aliphatic rings. The van der Waals surface area contributed by atoms with Crippen molar-refractivity contribution in [3.8, 4) is 0 Å². The molecule has 3 rings (SSSR count). The summed E-state index contributed by atoms with van der Waals surface area (Å²) in [5.74, 6) is -1.57. The fraction of sp³-hybridized carbons (Fsp3) is 0.625. The van der Waals surface area contributed by atoms with Crippen LogP contribution in [0.1, 0.15) is 44.2 Å². The summed E-state index contributed by atoms with van der Waals surface area (Å²) in [6.45, 7) is 1.97. The van der Waals surface area contributed by atoms with E-state index in [4.69, 9.17) is 10.5 Å². The van der Waals surface area contributed by atoms with Crippen molar-refractivity contribution in [3.05, 3.63) is 12.2 Å². The van der Waals surface area contributed by atoms with Gasteiger partial charge in [-0.2, -0.15) is 12.6 Å². The summed E-state index contributed by atoms with van der Waals surface area (Å²) in [5.41, 5.74) is 6.49. The topological polar surface area (TPSA) is 157 Å². The van der Waals surface area contributed by atoms with E-state index in [1.807, 2.05) is 6.92 Å². The molecule has 0 saturated carbocycles. The molecule has 0 spiro atoms. The molecule has 5 N–H and O–H groups in total. The second-order valence-corrected chi connectivity index (χ2v) is 6.92. The zero-order valence-electron chi connectivity index (χ0n) is 14.8. The molecule has 0 aromatic carbocycles. The maximum atomic E-state index is 11.7. The zero-order valence-corrected chi connectivity index (χ0v) is 15.7. The van der Waals surface area contributed by atoms with Gasteiger partial charge in [0.25, 0.3) is 0 Å². The molecule has 2 aromatic heterocycles. The van der Waals surface area contributed by atoms with Crippen molar-refractivity contribution in [2.24, 2.45) is 0 Å². The van der Waals surface area contributed by atoms with Crippen LogP contribution in [0, 0.1) is 0 Å². The number of aliphatic hydroxyl groups excluding tert-OH is 2. The molecule has 148 valence electrons. The lowest BCUT2D eigenvalue weighted by Gasteiger charge is -2.17. The van der Waals surface area contributed by atoms with E-state index in [9.17, 15) is 20.1 Å². The SMILES string of the molecule is CCCCC(C(=O)O)c1nc(N)c2ncn([C@@H]3O[C@H](CS)[C@@H](O)[C@H]3O)c2n1. The van der Waals surface area contributed by atoms with Crippen molar-refractivity contribution in [1.82, 2.24) is 19.5 Å². The third-order valence-electron chi connectivity index (χ3n) is 4.71. The molecule has 10 nitrogen and oxygen atoms in total. The Hall–Kier alpha value is -1.95. The number of rotatable bonds is 7. The largest absolute Gasteiger partial charge is 0.481 e. The van der Waals surface area contributed by atoms with Crippen LogP contribution in [0.3, 0.4) is 0 Å². The number of imidazole rings is 1. The van der Waals surface area contributed by atoms with Crippen molar-refractivity contribution in [2.75, 3.05) is 11.5 Å². The molecule has 1 unspecified atom stereocenters. The van der Waals surface area contributed by atoms with Crippen LogP contribution < -0.4 is 5.73 Å². The number of thiol groups is 1. The Kier molecular flexibility index (Phi) is 5.84. The van der Waals surface area contributed by atoms with E-state index in [1.54, 1.807) is 0 Å². The number of carboxylic acid groups (broad SMARTS) is 1. The van der Waals surface area contributed by atoms with E-state index >= 15 is 0 Å². The lowest BCUT2D eigenvalue weighted by atomic mass is 10.0. The Balaban J connectivity index is 2.04.